The van der Waals surface area contributed by atoms with Crippen LogP contribution in [0.3, 0.4) is 0 Å². The molecular formula is C21H23N5O. The number of nitrogens with zero attached hydrogens (tertiary/aromatic N) is 5. The molecule has 0 N–H and O–H groups in total. The number of aromatic nitrogens is 5. The van der Waals surface area contributed by atoms with Crippen molar-refractivity contribution in [3.05, 3.63) is 59.3 Å². The fourth-order valence-electron chi connectivity index (χ4n) is 3.36. The predicted octanol–water partition coefficient (Wildman–Crippen LogP) is 3.20. The number of hydrogen-bond donors (Lipinski definition) is 0. The standard InChI is InChI=1S/C21H23N5O/c1-14-10-17(7-8-18(27)11-15-4-3-9-22-12-15)23-24-20(14)19-13-26(2)25-21(19)16-5-6-16/h3-4,9-10,12-13,16H,5-8,11H2,1-2H3. The summed E-state index contributed by atoms with van der Waals surface area (Å²) in [6, 6.07) is 5.82. The van der Waals surface area contributed by atoms with Crippen molar-refractivity contribution in [1.29, 1.82) is 0 Å². The summed E-state index contributed by atoms with van der Waals surface area (Å²) >= 11 is 0. The van der Waals surface area contributed by atoms with Gasteiger partial charge in [0, 0.05) is 50.0 Å². The summed E-state index contributed by atoms with van der Waals surface area (Å²) in [6.45, 7) is 2.05. The van der Waals surface area contributed by atoms with E-state index in [9.17, 15) is 4.79 Å². The molecule has 27 heavy (non-hydrogen) atoms. The second kappa shape index (κ2) is 7.39. The summed E-state index contributed by atoms with van der Waals surface area (Å²) in [7, 11) is 1.94. The minimum Gasteiger partial charge on any atom is -0.299 e. The van der Waals surface area contributed by atoms with E-state index in [4.69, 9.17) is 0 Å². The zero-order valence-electron chi connectivity index (χ0n) is 15.7. The molecule has 3 heterocycles. The van der Waals surface area contributed by atoms with Crippen LogP contribution in [0.2, 0.25) is 0 Å². The first-order valence-electron chi connectivity index (χ1n) is 9.38. The average Bonchev–Trinajstić information content (AvgIpc) is 3.43. The van der Waals surface area contributed by atoms with Crippen LogP contribution >= 0.6 is 0 Å². The van der Waals surface area contributed by atoms with Gasteiger partial charge in [0.2, 0.25) is 0 Å². The molecule has 3 aromatic heterocycles. The van der Waals surface area contributed by atoms with Crippen LogP contribution in [0.15, 0.2) is 36.8 Å². The van der Waals surface area contributed by atoms with Crippen LogP contribution in [0.5, 0.6) is 0 Å². The Morgan fingerprint density at radius 2 is 2.15 bits per heavy atom. The molecule has 0 aliphatic heterocycles. The van der Waals surface area contributed by atoms with Crippen LogP contribution in [0.4, 0.5) is 0 Å². The highest BCUT2D eigenvalue weighted by Gasteiger charge is 2.30. The van der Waals surface area contributed by atoms with Gasteiger partial charge < -0.3 is 0 Å². The van der Waals surface area contributed by atoms with E-state index < -0.39 is 0 Å². The normalized spacial score (nSPS) is 13.7. The summed E-state index contributed by atoms with van der Waals surface area (Å²) in [5.41, 5.74) is 6.00. The monoisotopic (exact) mass is 361 g/mol. The van der Waals surface area contributed by atoms with Crippen molar-refractivity contribution in [3.63, 3.8) is 0 Å². The maximum Gasteiger partial charge on any atom is 0.137 e. The second-order valence-electron chi connectivity index (χ2n) is 7.32. The van der Waals surface area contributed by atoms with Gasteiger partial charge in [-0.3, -0.25) is 14.5 Å². The Balaban J connectivity index is 1.44. The van der Waals surface area contributed by atoms with Crippen LogP contribution in [0.25, 0.3) is 11.3 Å². The highest BCUT2D eigenvalue weighted by Crippen LogP contribution is 2.43. The summed E-state index contributed by atoms with van der Waals surface area (Å²) in [6.07, 6.45) is 9.37. The molecule has 1 aliphatic carbocycles. The zero-order valence-corrected chi connectivity index (χ0v) is 15.7. The lowest BCUT2D eigenvalue weighted by molar-refractivity contribution is -0.118. The fourth-order valence-corrected chi connectivity index (χ4v) is 3.36. The first-order chi connectivity index (χ1) is 13.1. The first kappa shape index (κ1) is 17.5. The lowest BCUT2D eigenvalue weighted by Gasteiger charge is -2.07. The quantitative estimate of drug-likeness (QED) is 0.646. The molecule has 0 aromatic carbocycles. The van der Waals surface area contributed by atoms with Crippen molar-refractivity contribution in [1.82, 2.24) is 25.0 Å². The number of hydrogen-bond acceptors (Lipinski definition) is 5. The largest absolute Gasteiger partial charge is 0.299 e. The molecule has 1 aliphatic rings. The van der Waals surface area contributed by atoms with Gasteiger partial charge in [-0.25, -0.2) is 0 Å². The Labute approximate surface area is 158 Å². The number of ketones is 1. The second-order valence-corrected chi connectivity index (χ2v) is 7.32. The molecule has 6 heteroatoms. The minimum absolute atomic E-state index is 0.190. The lowest BCUT2D eigenvalue weighted by atomic mass is 10.0. The molecule has 0 spiro atoms. The van der Waals surface area contributed by atoms with Crippen molar-refractivity contribution in [2.24, 2.45) is 7.05 Å². The van der Waals surface area contributed by atoms with E-state index in [-0.39, 0.29) is 5.78 Å². The minimum atomic E-state index is 0.190. The third-order valence-electron chi connectivity index (χ3n) is 4.90. The molecule has 1 fully saturated rings. The maximum atomic E-state index is 12.2. The Hall–Kier alpha value is -2.89. The summed E-state index contributed by atoms with van der Waals surface area (Å²) in [5, 5.41) is 13.5. The summed E-state index contributed by atoms with van der Waals surface area (Å²) in [5.74, 6) is 0.752. The number of carbonyl (C=O) groups is 1. The van der Waals surface area contributed by atoms with E-state index in [1.165, 1.54) is 12.8 Å². The van der Waals surface area contributed by atoms with Crippen LogP contribution in [-0.2, 0) is 24.7 Å². The molecule has 0 bridgehead atoms. The van der Waals surface area contributed by atoms with Gasteiger partial charge in [-0.05, 0) is 49.4 Å². The van der Waals surface area contributed by atoms with Crippen LogP contribution in [0.1, 0.15) is 47.7 Å². The third kappa shape index (κ3) is 4.10. The van der Waals surface area contributed by atoms with Crippen molar-refractivity contribution < 1.29 is 4.79 Å². The van der Waals surface area contributed by atoms with E-state index in [0.717, 1.165) is 33.8 Å². The van der Waals surface area contributed by atoms with E-state index in [1.54, 1.807) is 12.4 Å². The molecule has 0 saturated heterocycles. The molecule has 6 nitrogen and oxygen atoms in total. The molecule has 0 unspecified atom stereocenters. The maximum absolute atomic E-state index is 12.2. The van der Waals surface area contributed by atoms with Gasteiger partial charge in [0.25, 0.3) is 0 Å². The Morgan fingerprint density at radius 3 is 2.85 bits per heavy atom. The third-order valence-corrected chi connectivity index (χ3v) is 4.90. The summed E-state index contributed by atoms with van der Waals surface area (Å²) < 4.78 is 1.86. The number of carbonyl (C=O) groups excluding carboxylic acids is 1. The average molecular weight is 361 g/mol. The summed E-state index contributed by atoms with van der Waals surface area (Å²) in [4.78, 5) is 16.3. The van der Waals surface area contributed by atoms with Gasteiger partial charge >= 0.3 is 0 Å². The smallest absolute Gasteiger partial charge is 0.137 e. The van der Waals surface area contributed by atoms with Crippen molar-refractivity contribution in [3.8, 4) is 11.3 Å². The molecule has 138 valence electrons. The van der Waals surface area contributed by atoms with Gasteiger partial charge in [-0.1, -0.05) is 6.07 Å². The van der Waals surface area contributed by atoms with Crippen LogP contribution in [-0.4, -0.2) is 30.7 Å². The predicted molar refractivity (Wildman–Crippen MR) is 102 cm³/mol. The number of Topliss-reactive ketones (excluding diaryl/α,β-unsaturated/α-hetero) is 1. The van der Waals surface area contributed by atoms with E-state index >= 15 is 0 Å². The molecule has 3 aromatic rings. The zero-order chi connectivity index (χ0) is 18.8. The first-order valence-corrected chi connectivity index (χ1v) is 9.38. The van der Waals surface area contributed by atoms with Crippen molar-refractivity contribution >= 4 is 5.78 Å². The lowest BCUT2D eigenvalue weighted by Crippen LogP contribution is -2.06. The van der Waals surface area contributed by atoms with Crippen LogP contribution < -0.4 is 0 Å². The Bertz CT molecular complexity index is 960. The molecule has 0 atom stereocenters. The highest BCUT2D eigenvalue weighted by atomic mass is 16.1. The van der Waals surface area contributed by atoms with Gasteiger partial charge in [0.05, 0.1) is 17.1 Å². The van der Waals surface area contributed by atoms with Crippen molar-refractivity contribution in [2.75, 3.05) is 0 Å². The molecular weight excluding hydrogens is 338 g/mol. The molecule has 1 saturated carbocycles. The van der Waals surface area contributed by atoms with E-state index in [1.807, 2.05) is 36.1 Å². The molecule has 0 amide bonds. The van der Waals surface area contributed by atoms with Gasteiger partial charge in [0.15, 0.2) is 0 Å². The van der Waals surface area contributed by atoms with Gasteiger partial charge in [0.1, 0.15) is 5.78 Å². The SMILES string of the molecule is Cc1cc(CCC(=O)Cc2cccnc2)nnc1-c1cn(C)nc1C1CC1. The number of rotatable bonds is 7. The molecule has 4 rings (SSSR count). The fraction of sp³-hybridized carbons (Fsp3) is 0.381. The van der Waals surface area contributed by atoms with Crippen LogP contribution in [0, 0.1) is 6.92 Å². The van der Waals surface area contributed by atoms with Crippen molar-refractivity contribution in [2.45, 2.75) is 44.9 Å². The van der Waals surface area contributed by atoms with Gasteiger partial charge in [-0.15, -0.1) is 5.10 Å². The van der Waals surface area contributed by atoms with E-state index in [0.29, 0.717) is 25.2 Å². The highest BCUT2D eigenvalue weighted by molar-refractivity contribution is 5.81. The number of pyridine rings is 1. The Morgan fingerprint density at radius 1 is 1.30 bits per heavy atom. The number of aryl methyl sites for hydroxylation is 3. The topological polar surface area (TPSA) is 73.6 Å². The van der Waals surface area contributed by atoms with E-state index in [2.05, 4.69) is 27.2 Å². The van der Waals surface area contributed by atoms with Gasteiger partial charge in [-0.2, -0.15) is 10.2 Å². The molecule has 0 radical (unpaired) electrons. The Kier molecular flexibility index (Phi) is 4.79.